The minimum Gasteiger partial charge on any atom is -0.0805 e. The second kappa shape index (κ2) is 3.93. The summed E-state index contributed by atoms with van der Waals surface area (Å²) in [5, 5.41) is 0. The highest BCUT2D eigenvalue weighted by Crippen LogP contribution is 2.36. The van der Waals surface area contributed by atoms with Crippen molar-refractivity contribution >= 4 is 0 Å². The fraction of sp³-hybridized carbons (Fsp3) is 0.667. The molecule has 1 aliphatic carbocycles. The SMILES string of the molecule is CCC1=CCC(CC)(CC)C=C1. The van der Waals surface area contributed by atoms with Crippen molar-refractivity contribution in [1.82, 2.24) is 0 Å². The minimum absolute atomic E-state index is 0.485. The van der Waals surface area contributed by atoms with Crippen molar-refractivity contribution in [1.29, 1.82) is 0 Å². The maximum Gasteiger partial charge on any atom is -0.00856 e. The Labute approximate surface area is 76.4 Å². The molecule has 0 unspecified atom stereocenters. The molecule has 0 bridgehead atoms. The molecule has 0 saturated carbocycles. The molecule has 0 aromatic rings. The third kappa shape index (κ3) is 1.80. The number of hydrogen-bond acceptors (Lipinski definition) is 0. The molecule has 0 aromatic carbocycles. The largest absolute Gasteiger partial charge is 0.0805 e. The van der Waals surface area contributed by atoms with E-state index < -0.39 is 0 Å². The van der Waals surface area contributed by atoms with Crippen LogP contribution in [0, 0.1) is 5.41 Å². The molecule has 0 fully saturated rings. The average Bonchev–Trinajstić information content (AvgIpc) is 2.18. The van der Waals surface area contributed by atoms with Crippen LogP contribution in [0.1, 0.15) is 46.5 Å². The predicted octanol–water partition coefficient (Wildman–Crippen LogP) is 4.09. The van der Waals surface area contributed by atoms with E-state index in [9.17, 15) is 0 Å². The Kier molecular flexibility index (Phi) is 3.13. The van der Waals surface area contributed by atoms with Gasteiger partial charge in [0.15, 0.2) is 0 Å². The molecule has 1 aliphatic rings. The van der Waals surface area contributed by atoms with Gasteiger partial charge in [0.2, 0.25) is 0 Å². The molecule has 68 valence electrons. The van der Waals surface area contributed by atoms with Crippen molar-refractivity contribution in [3.63, 3.8) is 0 Å². The molecule has 0 aliphatic heterocycles. The molecule has 0 heteroatoms. The van der Waals surface area contributed by atoms with Crippen LogP contribution in [0.3, 0.4) is 0 Å². The van der Waals surface area contributed by atoms with Gasteiger partial charge in [-0.1, -0.05) is 44.6 Å². The average molecular weight is 164 g/mol. The van der Waals surface area contributed by atoms with Gasteiger partial charge >= 0.3 is 0 Å². The summed E-state index contributed by atoms with van der Waals surface area (Å²) >= 11 is 0. The zero-order valence-corrected chi connectivity index (χ0v) is 8.56. The monoisotopic (exact) mass is 164 g/mol. The molecule has 0 N–H and O–H groups in total. The summed E-state index contributed by atoms with van der Waals surface area (Å²) in [6, 6.07) is 0. The molecule has 0 spiro atoms. The van der Waals surface area contributed by atoms with Gasteiger partial charge in [-0.25, -0.2) is 0 Å². The Morgan fingerprint density at radius 2 is 1.92 bits per heavy atom. The summed E-state index contributed by atoms with van der Waals surface area (Å²) in [5.41, 5.74) is 1.99. The lowest BCUT2D eigenvalue weighted by Gasteiger charge is -2.29. The van der Waals surface area contributed by atoms with Crippen LogP contribution in [-0.2, 0) is 0 Å². The molecule has 0 aromatic heterocycles. The van der Waals surface area contributed by atoms with E-state index in [2.05, 4.69) is 39.0 Å². The zero-order valence-electron chi connectivity index (χ0n) is 8.56. The summed E-state index contributed by atoms with van der Waals surface area (Å²) in [6.45, 7) is 6.80. The lowest BCUT2D eigenvalue weighted by molar-refractivity contribution is 0.352. The van der Waals surface area contributed by atoms with Gasteiger partial charge in [-0.3, -0.25) is 0 Å². The highest BCUT2D eigenvalue weighted by Gasteiger charge is 2.23. The number of allylic oxidation sites excluding steroid dienone is 4. The predicted molar refractivity (Wildman–Crippen MR) is 55.1 cm³/mol. The summed E-state index contributed by atoms with van der Waals surface area (Å²) in [4.78, 5) is 0. The summed E-state index contributed by atoms with van der Waals surface area (Å²) in [5.74, 6) is 0. The number of hydrogen-bond donors (Lipinski definition) is 0. The van der Waals surface area contributed by atoms with Crippen molar-refractivity contribution in [3.05, 3.63) is 23.8 Å². The standard InChI is InChI=1S/C12H20/c1-4-11-7-9-12(5-2,6-3)10-8-11/h7-9H,4-6,10H2,1-3H3. The molecule has 0 radical (unpaired) electrons. The maximum absolute atomic E-state index is 2.42. The Morgan fingerprint density at radius 3 is 2.25 bits per heavy atom. The smallest absolute Gasteiger partial charge is 0.00856 e. The van der Waals surface area contributed by atoms with Gasteiger partial charge in [0.1, 0.15) is 0 Å². The van der Waals surface area contributed by atoms with Crippen LogP contribution in [0.2, 0.25) is 0 Å². The van der Waals surface area contributed by atoms with E-state index in [1.807, 2.05) is 0 Å². The van der Waals surface area contributed by atoms with Gasteiger partial charge in [0, 0.05) is 0 Å². The normalized spacial score (nSPS) is 20.8. The van der Waals surface area contributed by atoms with Gasteiger partial charge in [-0.05, 0) is 31.1 Å². The van der Waals surface area contributed by atoms with Gasteiger partial charge in [-0.15, -0.1) is 0 Å². The van der Waals surface area contributed by atoms with Crippen molar-refractivity contribution < 1.29 is 0 Å². The lowest BCUT2D eigenvalue weighted by atomic mass is 9.75. The van der Waals surface area contributed by atoms with Crippen molar-refractivity contribution in [2.75, 3.05) is 0 Å². The van der Waals surface area contributed by atoms with E-state index in [0.717, 1.165) is 0 Å². The van der Waals surface area contributed by atoms with E-state index >= 15 is 0 Å². The van der Waals surface area contributed by atoms with Gasteiger partial charge in [-0.2, -0.15) is 0 Å². The van der Waals surface area contributed by atoms with Crippen LogP contribution in [0.15, 0.2) is 23.8 Å². The fourth-order valence-electron chi connectivity index (χ4n) is 1.79. The van der Waals surface area contributed by atoms with Gasteiger partial charge < -0.3 is 0 Å². The van der Waals surface area contributed by atoms with Crippen molar-refractivity contribution in [2.45, 2.75) is 46.5 Å². The second-order valence-corrected chi connectivity index (χ2v) is 3.74. The first-order valence-electron chi connectivity index (χ1n) is 5.14. The van der Waals surface area contributed by atoms with Gasteiger partial charge in [0.25, 0.3) is 0 Å². The third-order valence-corrected chi connectivity index (χ3v) is 3.24. The first kappa shape index (κ1) is 9.57. The van der Waals surface area contributed by atoms with Crippen molar-refractivity contribution in [2.24, 2.45) is 5.41 Å². The Bertz CT molecular complexity index is 192. The first-order chi connectivity index (χ1) is 5.76. The van der Waals surface area contributed by atoms with E-state index in [1.165, 1.54) is 31.3 Å². The van der Waals surface area contributed by atoms with E-state index in [1.54, 1.807) is 0 Å². The molecule has 12 heavy (non-hydrogen) atoms. The topological polar surface area (TPSA) is 0 Å². The zero-order chi connectivity index (χ0) is 9.03. The summed E-state index contributed by atoms with van der Waals surface area (Å²) in [7, 11) is 0. The molecule has 0 heterocycles. The van der Waals surface area contributed by atoms with Crippen LogP contribution in [-0.4, -0.2) is 0 Å². The quantitative estimate of drug-likeness (QED) is 0.589. The minimum atomic E-state index is 0.485. The first-order valence-corrected chi connectivity index (χ1v) is 5.14. The van der Waals surface area contributed by atoms with Gasteiger partial charge in [0.05, 0.1) is 0 Å². The molecule has 1 rings (SSSR count). The Balaban J connectivity index is 2.67. The molecular weight excluding hydrogens is 144 g/mol. The highest BCUT2D eigenvalue weighted by atomic mass is 14.3. The van der Waals surface area contributed by atoms with Crippen LogP contribution in [0.4, 0.5) is 0 Å². The van der Waals surface area contributed by atoms with Crippen molar-refractivity contribution in [3.8, 4) is 0 Å². The molecule has 0 atom stereocenters. The van der Waals surface area contributed by atoms with Crippen LogP contribution < -0.4 is 0 Å². The van der Waals surface area contributed by atoms with Crippen LogP contribution >= 0.6 is 0 Å². The highest BCUT2D eigenvalue weighted by molar-refractivity contribution is 5.26. The van der Waals surface area contributed by atoms with E-state index in [-0.39, 0.29) is 0 Å². The summed E-state index contributed by atoms with van der Waals surface area (Å²) < 4.78 is 0. The van der Waals surface area contributed by atoms with E-state index in [4.69, 9.17) is 0 Å². The molecule has 0 amide bonds. The molecule has 0 saturated heterocycles. The Hall–Kier alpha value is -0.520. The van der Waals surface area contributed by atoms with Crippen LogP contribution in [0.5, 0.6) is 0 Å². The third-order valence-electron chi connectivity index (χ3n) is 3.24. The molecular formula is C12H20. The Morgan fingerprint density at radius 1 is 1.25 bits per heavy atom. The van der Waals surface area contributed by atoms with Crippen LogP contribution in [0.25, 0.3) is 0 Å². The van der Waals surface area contributed by atoms with E-state index in [0.29, 0.717) is 5.41 Å². The molecule has 0 nitrogen and oxygen atoms in total. The lowest BCUT2D eigenvalue weighted by Crippen LogP contribution is -2.16. The maximum atomic E-state index is 2.42. The number of rotatable bonds is 3. The summed E-state index contributed by atoms with van der Waals surface area (Å²) in [6.07, 6.45) is 12.1. The fourth-order valence-corrected chi connectivity index (χ4v) is 1.79. The second-order valence-electron chi connectivity index (χ2n) is 3.74.